The standard InChI is InChI=1S/C15H20ClNO2/c1-11-13(7-4-8-14(11)16)15(19)17(9-10-18)12-5-2-3-6-12/h4,7-8,12,18H,2-3,5-6,9-10H2,1H3. The van der Waals surface area contributed by atoms with Crippen LogP contribution in [0.15, 0.2) is 18.2 Å². The van der Waals surface area contributed by atoms with Gasteiger partial charge in [-0.15, -0.1) is 0 Å². The second-order valence-corrected chi connectivity index (χ2v) is 5.48. The summed E-state index contributed by atoms with van der Waals surface area (Å²) < 4.78 is 0. The van der Waals surface area contributed by atoms with Crippen LogP contribution in [0.25, 0.3) is 0 Å². The number of aliphatic hydroxyl groups is 1. The summed E-state index contributed by atoms with van der Waals surface area (Å²) in [5, 5.41) is 9.81. The molecule has 2 rings (SSSR count). The van der Waals surface area contributed by atoms with Crippen molar-refractivity contribution in [2.45, 2.75) is 38.6 Å². The number of hydrogen-bond acceptors (Lipinski definition) is 2. The molecule has 0 spiro atoms. The summed E-state index contributed by atoms with van der Waals surface area (Å²) in [7, 11) is 0. The number of aliphatic hydroxyl groups excluding tert-OH is 1. The number of carbonyl (C=O) groups excluding carboxylic acids is 1. The minimum atomic E-state index is -0.0130. The molecular formula is C15H20ClNO2. The molecule has 1 aromatic rings. The van der Waals surface area contributed by atoms with E-state index in [1.54, 1.807) is 12.1 Å². The third-order valence-corrected chi connectivity index (χ3v) is 4.27. The lowest BCUT2D eigenvalue weighted by Gasteiger charge is -2.29. The van der Waals surface area contributed by atoms with E-state index in [4.69, 9.17) is 11.6 Å². The third-order valence-electron chi connectivity index (χ3n) is 3.87. The molecule has 1 amide bonds. The maximum absolute atomic E-state index is 12.7. The predicted octanol–water partition coefficient (Wildman–Crippen LogP) is 3.03. The van der Waals surface area contributed by atoms with Crippen molar-refractivity contribution in [2.24, 2.45) is 0 Å². The van der Waals surface area contributed by atoms with E-state index in [0.717, 1.165) is 31.2 Å². The van der Waals surface area contributed by atoms with Gasteiger partial charge in [-0.25, -0.2) is 0 Å². The first-order chi connectivity index (χ1) is 9.15. The van der Waals surface area contributed by atoms with Gasteiger partial charge in [0.15, 0.2) is 0 Å². The molecule has 0 atom stereocenters. The number of nitrogens with zero attached hydrogens (tertiary/aromatic N) is 1. The lowest BCUT2D eigenvalue weighted by atomic mass is 10.1. The van der Waals surface area contributed by atoms with Crippen molar-refractivity contribution in [3.63, 3.8) is 0 Å². The SMILES string of the molecule is Cc1c(Cl)cccc1C(=O)N(CCO)C1CCCC1. The molecule has 0 aromatic heterocycles. The Labute approximate surface area is 119 Å². The first-order valence-corrected chi connectivity index (χ1v) is 7.20. The summed E-state index contributed by atoms with van der Waals surface area (Å²) in [6.07, 6.45) is 4.39. The van der Waals surface area contributed by atoms with Crippen LogP contribution in [0.3, 0.4) is 0 Å². The fourth-order valence-corrected chi connectivity index (χ4v) is 2.94. The quantitative estimate of drug-likeness (QED) is 0.922. The van der Waals surface area contributed by atoms with Crippen LogP contribution in [-0.4, -0.2) is 35.1 Å². The van der Waals surface area contributed by atoms with Crippen molar-refractivity contribution in [3.8, 4) is 0 Å². The van der Waals surface area contributed by atoms with Gasteiger partial charge in [0.2, 0.25) is 0 Å². The Balaban J connectivity index is 2.25. The molecule has 0 heterocycles. The van der Waals surface area contributed by atoms with Gasteiger partial charge in [-0.2, -0.15) is 0 Å². The van der Waals surface area contributed by atoms with Crippen LogP contribution in [-0.2, 0) is 0 Å². The highest BCUT2D eigenvalue weighted by Crippen LogP contribution is 2.26. The summed E-state index contributed by atoms with van der Waals surface area (Å²) in [5.41, 5.74) is 1.46. The Morgan fingerprint density at radius 1 is 1.42 bits per heavy atom. The smallest absolute Gasteiger partial charge is 0.254 e. The summed E-state index contributed by atoms with van der Waals surface area (Å²) in [6.45, 7) is 2.26. The van der Waals surface area contributed by atoms with Crippen molar-refractivity contribution in [1.82, 2.24) is 4.90 Å². The average molecular weight is 282 g/mol. The van der Waals surface area contributed by atoms with Gasteiger partial charge in [0.1, 0.15) is 0 Å². The molecule has 0 bridgehead atoms. The maximum Gasteiger partial charge on any atom is 0.254 e. The topological polar surface area (TPSA) is 40.5 Å². The summed E-state index contributed by atoms with van der Waals surface area (Å²) in [6, 6.07) is 5.66. The number of hydrogen-bond donors (Lipinski definition) is 1. The van der Waals surface area contributed by atoms with Crippen LogP contribution in [0, 0.1) is 6.92 Å². The van der Waals surface area contributed by atoms with Gasteiger partial charge in [-0.1, -0.05) is 30.5 Å². The zero-order valence-corrected chi connectivity index (χ0v) is 12.0. The van der Waals surface area contributed by atoms with Crippen molar-refractivity contribution in [3.05, 3.63) is 34.3 Å². The van der Waals surface area contributed by atoms with E-state index in [2.05, 4.69) is 0 Å². The lowest BCUT2D eigenvalue weighted by molar-refractivity contribution is 0.0637. The first kappa shape index (κ1) is 14.4. The van der Waals surface area contributed by atoms with Crippen molar-refractivity contribution in [2.75, 3.05) is 13.2 Å². The predicted molar refractivity (Wildman–Crippen MR) is 76.6 cm³/mol. The van der Waals surface area contributed by atoms with E-state index in [1.807, 2.05) is 17.9 Å². The Hall–Kier alpha value is -1.06. The van der Waals surface area contributed by atoms with Crippen LogP contribution < -0.4 is 0 Å². The highest BCUT2D eigenvalue weighted by Gasteiger charge is 2.27. The van der Waals surface area contributed by atoms with E-state index in [-0.39, 0.29) is 18.6 Å². The van der Waals surface area contributed by atoms with Gasteiger partial charge >= 0.3 is 0 Å². The molecular weight excluding hydrogens is 262 g/mol. The van der Waals surface area contributed by atoms with Crippen LogP contribution in [0.2, 0.25) is 5.02 Å². The highest BCUT2D eigenvalue weighted by molar-refractivity contribution is 6.31. The van der Waals surface area contributed by atoms with E-state index in [0.29, 0.717) is 17.1 Å². The molecule has 104 valence electrons. The van der Waals surface area contributed by atoms with Crippen LogP contribution in [0.4, 0.5) is 0 Å². The molecule has 0 aliphatic heterocycles. The fourth-order valence-electron chi connectivity index (χ4n) is 2.77. The molecule has 3 nitrogen and oxygen atoms in total. The van der Waals surface area contributed by atoms with Gasteiger partial charge < -0.3 is 10.0 Å². The van der Waals surface area contributed by atoms with E-state index < -0.39 is 0 Å². The third kappa shape index (κ3) is 3.10. The summed E-state index contributed by atoms with van der Waals surface area (Å²) in [4.78, 5) is 14.5. The van der Waals surface area contributed by atoms with E-state index >= 15 is 0 Å². The number of rotatable bonds is 4. The second-order valence-electron chi connectivity index (χ2n) is 5.07. The number of amides is 1. The van der Waals surface area contributed by atoms with E-state index in [1.165, 1.54) is 0 Å². The van der Waals surface area contributed by atoms with Crippen molar-refractivity contribution >= 4 is 17.5 Å². The van der Waals surface area contributed by atoms with Crippen LogP contribution in [0.1, 0.15) is 41.6 Å². The van der Waals surface area contributed by atoms with Gasteiger partial charge in [0.05, 0.1) is 6.61 Å². The van der Waals surface area contributed by atoms with Crippen molar-refractivity contribution in [1.29, 1.82) is 0 Å². The molecule has 1 aliphatic carbocycles. The lowest BCUT2D eigenvalue weighted by Crippen LogP contribution is -2.41. The monoisotopic (exact) mass is 281 g/mol. The Kier molecular flexibility index (Phi) is 4.83. The largest absolute Gasteiger partial charge is 0.395 e. The zero-order valence-electron chi connectivity index (χ0n) is 11.2. The van der Waals surface area contributed by atoms with Crippen molar-refractivity contribution < 1.29 is 9.90 Å². The minimum Gasteiger partial charge on any atom is -0.395 e. The maximum atomic E-state index is 12.7. The fraction of sp³-hybridized carbons (Fsp3) is 0.533. The number of halogens is 1. The molecule has 1 saturated carbocycles. The molecule has 1 aromatic carbocycles. The normalized spacial score (nSPS) is 15.7. The van der Waals surface area contributed by atoms with Crippen LogP contribution >= 0.6 is 11.6 Å². The molecule has 4 heteroatoms. The number of carbonyl (C=O) groups is 1. The van der Waals surface area contributed by atoms with Gasteiger partial charge in [-0.05, 0) is 37.5 Å². The summed E-state index contributed by atoms with van der Waals surface area (Å²) in [5.74, 6) is -0.0130. The molecule has 0 radical (unpaired) electrons. The van der Waals surface area contributed by atoms with Crippen LogP contribution in [0.5, 0.6) is 0 Å². The second kappa shape index (κ2) is 6.40. The highest BCUT2D eigenvalue weighted by atomic mass is 35.5. The molecule has 1 fully saturated rings. The minimum absolute atomic E-state index is 0.00184. The Morgan fingerprint density at radius 2 is 2.11 bits per heavy atom. The van der Waals surface area contributed by atoms with E-state index in [9.17, 15) is 9.90 Å². The Morgan fingerprint density at radius 3 is 2.74 bits per heavy atom. The molecule has 0 unspecified atom stereocenters. The number of benzene rings is 1. The first-order valence-electron chi connectivity index (χ1n) is 6.82. The summed E-state index contributed by atoms with van der Waals surface area (Å²) >= 11 is 6.08. The molecule has 0 saturated heterocycles. The van der Waals surface area contributed by atoms with Gasteiger partial charge in [0, 0.05) is 23.2 Å². The van der Waals surface area contributed by atoms with Gasteiger partial charge in [0.25, 0.3) is 5.91 Å². The average Bonchev–Trinajstić information content (AvgIpc) is 2.92. The molecule has 1 N–H and O–H groups in total. The molecule has 1 aliphatic rings. The molecule has 19 heavy (non-hydrogen) atoms. The van der Waals surface area contributed by atoms with Gasteiger partial charge in [-0.3, -0.25) is 4.79 Å². The Bertz CT molecular complexity index is 455. The zero-order chi connectivity index (χ0) is 13.8.